The summed E-state index contributed by atoms with van der Waals surface area (Å²) in [5.41, 5.74) is -1.60. The van der Waals surface area contributed by atoms with Gasteiger partial charge in [0.05, 0.1) is 36.0 Å². The second-order valence-corrected chi connectivity index (χ2v) is 9.19. The number of halogens is 5. The average molecular weight is 560 g/mol. The number of carbonyl (C=O) groups is 2. The van der Waals surface area contributed by atoms with Crippen molar-refractivity contribution in [3.8, 4) is 0 Å². The second kappa shape index (κ2) is 10.9. The van der Waals surface area contributed by atoms with E-state index in [4.69, 9.17) is 16.3 Å². The van der Waals surface area contributed by atoms with Gasteiger partial charge in [-0.05, 0) is 13.0 Å². The number of aromatic nitrogens is 4. The number of hydrogen-bond donors (Lipinski definition) is 2. The largest absolute Gasteiger partial charge is 0.418 e. The van der Waals surface area contributed by atoms with Gasteiger partial charge in [0.1, 0.15) is 22.0 Å². The lowest BCUT2D eigenvalue weighted by atomic mass is 10.2. The van der Waals surface area contributed by atoms with Crippen LogP contribution in [-0.4, -0.2) is 58.1 Å². The number of anilines is 2. The van der Waals surface area contributed by atoms with Gasteiger partial charge in [-0.15, -0.1) is 11.3 Å². The molecular weight excluding hydrogens is 542 g/mol. The molecule has 0 saturated carbocycles. The normalized spacial score (nSPS) is 14.8. The van der Waals surface area contributed by atoms with E-state index in [1.54, 1.807) is 11.8 Å². The maximum absolute atomic E-state index is 15.0. The van der Waals surface area contributed by atoms with E-state index in [0.717, 1.165) is 23.9 Å². The Kier molecular flexibility index (Phi) is 7.85. The zero-order valence-corrected chi connectivity index (χ0v) is 20.5. The zero-order chi connectivity index (χ0) is 26.7. The summed E-state index contributed by atoms with van der Waals surface area (Å²) in [6.45, 7) is 3.20. The second-order valence-electron chi connectivity index (χ2n) is 7.72. The highest BCUT2D eigenvalue weighted by atomic mass is 35.5. The van der Waals surface area contributed by atoms with E-state index in [1.807, 2.05) is 0 Å². The fourth-order valence-corrected chi connectivity index (χ4v) is 4.36. The maximum atomic E-state index is 15.0. The summed E-state index contributed by atoms with van der Waals surface area (Å²) in [4.78, 5) is 42.4. The molecule has 0 bridgehead atoms. The lowest BCUT2D eigenvalue weighted by Crippen LogP contribution is -2.38. The molecule has 3 aromatic rings. The minimum Gasteiger partial charge on any atom is -0.378 e. The number of thiazole rings is 1. The van der Waals surface area contributed by atoms with Crippen LogP contribution in [0.2, 0.25) is 5.02 Å². The minimum absolute atomic E-state index is 0.00574. The number of nitrogens with zero attached hydrogens (tertiary/aromatic N) is 5. The Morgan fingerprint density at radius 2 is 1.86 bits per heavy atom. The lowest BCUT2D eigenvalue weighted by Gasteiger charge is -2.28. The van der Waals surface area contributed by atoms with Crippen LogP contribution < -0.4 is 15.5 Å². The van der Waals surface area contributed by atoms with Crippen molar-refractivity contribution in [2.24, 2.45) is 0 Å². The summed E-state index contributed by atoms with van der Waals surface area (Å²) in [5.74, 6) is -2.81. The van der Waals surface area contributed by atoms with Crippen LogP contribution in [0.25, 0.3) is 0 Å². The highest BCUT2D eigenvalue weighted by molar-refractivity contribution is 7.13. The molecule has 16 heteroatoms. The summed E-state index contributed by atoms with van der Waals surface area (Å²) in [6.07, 6.45) is -1.65. The van der Waals surface area contributed by atoms with Gasteiger partial charge in [-0.3, -0.25) is 9.59 Å². The molecule has 1 aliphatic heterocycles. The summed E-state index contributed by atoms with van der Waals surface area (Å²) >= 11 is 6.43. The number of ether oxygens (including phenoxy) is 1. The van der Waals surface area contributed by atoms with Gasteiger partial charge < -0.3 is 20.3 Å². The number of pyridine rings is 1. The van der Waals surface area contributed by atoms with Gasteiger partial charge in [-0.25, -0.2) is 24.3 Å². The van der Waals surface area contributed by atoms with Crippen molar-refractivity contribution in [2.75, 3.05) is 36.5 Å². The molecule has 2 amide bonds. The molecular formula is C21H18ClF4N7O3S. The molecule has 0 spiro atoms. The van der Waals surface area contributed by atoms with E-state index in [1.165, 1.54) is 6.20 Å². The van der Waals surface area contributed by atoms with E-state index in [0.29, 0.717) is 37.4 Å². The van der Waals surface area contributed by atoms with Gasteiger partial charge in [0.2, 0.25) is 0 Å². The molecule has 0 aromatic carbocycles. The Bertz CT molecular complexity index is 1320. The SMILES string of the molecule is C[C@@H](NC(=O)c1ncnc(N2CCOCC2)c1F)c1ncc(C(=O)Nc2cc(C(F)(F)F)c(Cl)cn2)s1. The van der Waals surface area contributed by atoms with E-state index in [-0.39, 0.29) is 16.5 Å². The predicted molar refractivity (Wildman–Crippen MR) is 125 cm³/mol. The Morgan fingerprint density at radius 3 is 2.57 bits per heavy atom. The van der Waals surface area contributed by atoms with Crippen LogP contribution in [0.3, 0.4) is 0 Å². The van der Waals surface area contributed by atoms with E-state index in [2.05, 4.69) is 30.6 Å². The van der Waals surface area contributed by atoms with E-state index in [9.17, 15) is 27.2 Å². The van der Waals surface area contributed by atoms with Crippen LogP contribution in [0.1, 0.15) is 43.7 Å². The number of alkyl halides is 3. The number of rotatable bonds is 6. The molecule has 0 radical (unpaired) electrons. The van der Waals surface area contributed by atoms with Crippen molar-refractivity contribution < 1.29 is 31.9 Å². The number of amides is 2. The van der Waals surface area contributed by atoms with Gasteiger partial charge in [0.15, 0.2) is 17.3 Å². The smallest absolute Gasteiger partial charge is 0.378 e. The lowest BCUT2D eigenvalue weighted by molar-refractivity contribution is -0.137. The number of morpholine rings is 1. The summed E-state index contributed by atoms with van der Waals surface area (Å²) in [6, 6.07) is -0.127. The van der Waals surface area contributed by atoms with Gasteiger partial charge in [-0.1, -0.05) is 11.6 Å². The fourth-order valence-electron chi connectivity index (χ4n) is 3.34. The van der Waals surface area contributed by atoms with Crippen molar-refractivity contribution in [3.05, 3.63) is 56.8 Å². The average Bonchev–Trinajstić information content (AvgIpc) is 3.36. The van der Waals surface area contributed by atoms with E-state index >= 15 is 0 Å². The number of carbonyl (C=O) groups excluding carboxylic acids is 2. The van der Waals surface area contributed by atoms with Crippen molar-refractivity contribution in [3.63, 3.8) is 0 Å². The number of hydrogen-bond acceptors (Lipinski definition) is 9. The molecule has 1 fully saturated rings. The predicted octanol–water partition coefficient (Wildman–Crippen LogP) is 3.72. The molecule has 10 nitrogen and oxygen atoms in total. The third-order valence-corrected chi connectivity index (χ3v) is 6.64. The first-order chi connectivity index (χ1) is 17.5. The molecule has 3 aromatic heterocycles. The topological polar surface area (TPSA) is 122 Å². The highest BCUT2D eigenvalue weighted by Crippen LogP contribution is 2.35. The Hall–Kier alpha value is -3.43. The molecule has 0 aliphatic carbocycles. The molecule has 1 atom stereocenters. The molecule has 196 valence electrons. The fraction of sp³-hybridized carbons (Fsp3) is 0.333. The molecule has 1 saturated heterocycles. The summed E-state index contributed by atoms with van der Waals surface area (Å²) in [5, 5.41) is 4.51. The van der Waals surface area contributed by atoms with Crippen LogP contribution in [0.4, 0.5) is 29.2 Å². The van der Waals surface area contributed by atoms with Crippen LogP contribution in [0, 0.1) is 5.82 Å². The van der Waals surface area contributed by atoms with Gasteiger partial charge >= 0.3 is 6.18 Å². The number of nitrogens with one attached hydrogen (secondary N) is 2. The first kappa shape index (κ1) is 26.6. The van der Waals surface area contributed by atoms with E-state index < -0.39 is 46.1 Å². The Morgan fingerprint density at radius 1 is 1.14 bits per heavy atom. The van der Waals surface area contributed by atoms with Crippen LogP contribution in [-0.2, 0) is 10.9 Å². The third kappa shape index (κ3) is 6.11. The van der Waals surface area contributed by atoms with Crippen molar-refractivity contribution in [1.82, 2.24) is 25.3 Å². The Labute approximate surface area is 216 Å². The summed E-state index contributed by atoms with van der Waals surface area (Å²) in [7, 11) is 0. The first-order valence-corrected chi connectivity index (χ1v) is 11.9. The van der Waals surface area contributed by atoms with Gasteiger partial charge in [0.25, 0.3) is 11.8 Å². The zero-order valence-electron chi connectivity index (χ0n) is 19.0. The monoisotopic (exact) mass is 559 g/mol. The molecule has 1 aliphatic rings. The molecule has 0 unspecified atom stereocenters. The van der Waals surface area contributed by atoms with Gasteiger partial charge in [-0.2, -0.15) is 13.2 Å². The molecule has 4 heterocycles. The van der Waals surface area contributed by atoms with Crippen LogP contribution >= 0.6 is 22.9 Å². The first-order valence-electron chi connectivity index (χ1n) is 10.7. The molecule has 2 N–H and O–H groups in total. The summed E-state index contributed by atoms with van der Waals surface area (Å²) < 4.78 is 59.4. The standard InChI is InChI=1S/C21H18ClF4N7O3S/c1-10(31-19(35)16-15(23)17(30-9-29-16)33-2-4-36-5-3-33)20-28-8-13(37-20)18(34)32-14-6-11(21(24,25)26)12(22)7-27-14/h6-10H,2-5H2,1H3,(H,31,35)(H,27,32,34)/t10-/m1/s1. The van der Waals surface area contributed by atoms with Crippen LogP contribution in [0.5, 0.6) is 0 Å². The van der Waals surface area contributed by atoms with Crippen molar-refractivity contribution >= 4 is 46.4 Å². The molecule has 4 rings (SSSR count). The molecule has 37 heavy (non-hydrogen) atoms. The van der Waals surface area contributed by atoms with Crippen molar-refractivity contribution in [1.29, 1.82) is 0 Å². The minimum atomic E-state index is -4.73. The van der Waals surface area contributed by atoms with Gasteiger partial charge in [0, 0.05) is 19.3 Å². The van der Waals surface area contributed by atoms with Crippen molar-refractivity contribution in [2.45, 2.75) is 19.1 Å². The quantitative estimate of drug-likeness (QED) is 0.438. The third-order valence-electron chi connectivity index (χ3n) is 5.16. The Balaban J connectivity index is 1.43. The van der Waals surface area contributed by atoms with Crippen LogP contribution in [0.15, 0.2) is 24.8 Å². The maximum Gasteiger partial charge on any atom is 0.418 e. The highest BCUT2D eigenvalue weighted by Gasteiger charge is 2.34.